The van der Waals surface area contributed by atoms with Crippen LogP contribution in [0.3, 0.4) is 0 Å². The number of fused-ring (bicyclic) bond motifs is 1. The van der Waals surface area contributed by atoms with Crippen LogP contribution in [-0.2, 0) is 6.54 Å². The molecule has 4 nitrogen and oxygen atoms in total. The van der Waals surface area contributed by atoms with Crippen molar-refractivity contribution in [3.8, 4) is 0 Å². The van der Waals surface area contributed by atoms with Gasteiger partial charge in [-0.1, -0.05) is 18.2 Å². The Kier molecular flexibility index (Phi) is 4.05. The molecule has 1 aromatic heterocycles. The number of benzene rings is 1. The van der Waals surface area contributed by atoms with Crippen LogP contribution in [0.4, 0.5) is 0 Å². The normalized spacial score (nSPS) is 17.9. The van der Waals surface area contributed by atoms with Crippen molar-refractivity contribution in [2.75, 3.05) is 39.3 Å². The molecule has 20 heavy (non-hydrogen) atoms. The number of aromatic amines is 1. The summed E-state index contributed by atoms with van der Waals surface area (Å²) in [4.78, 5) is 8.50. The van der Waals surface area contributed by atoms with Gasteiger partial charge in [-0.3, -0.25) is 9.80 Å². The molecule has 0 unspecified atom stereocenters. The monoisotopic (exact) mass is 272 g/mol. The van der Waals surface area contributed by atoms with E-state index in [9.17, 15) is 0 Å². The van der Waals surface area contributed by atoms with E-state index in [1.807, 2.05) is 0 Å². The molecule has 0 spiro atoms. The molecule has 2 heterocycles. The smallest absolute Gasteiger partial charge is 0.0459 e. The van der Waals surface area contributed by atoms with Gasteiger partial charge < -0.3 is 10.7 Å². The van der Waals surface area contributed by atoms with Crippen molar-refractivity contribution < 1.29 is 0 Å². The van der Waals surface area contributed by atoms with Gasteiger partial charge in [0.25, 0.3) is 0 Å². The third-order valence-corrected chi connectivity index (χ3v) is 4.32. The van der Waals surface area contributed by atoms with Crippen LogP contribution < -0.4 is 5.73 Å². The predicted octanol–water partition coefficient (Wildman–Crippen LogP) is 1.55. The second-order valence-electron chi connectivity index (χ2n) is 5.68. The average molecular weight is 272 g/mol. The molecule has 0 atom stereocenters. The lowest BCUT2D eigenvalue weighted by atomic mass is 10.1. The number of rotatable bonds is 4. The van der Waals surface area contributed by atoms with E-state index < -0.39 is 0 Å². The first-order valence-corrected chi connectivity index (χ1v) is 7.49. The molecule has 3 rings (SSSR count). The van der Waals surface area contributed by atoms with Crippen LogP contribution in [0.2, 0.25) is 0 Å². The van der Waals surface area contributed by atoms with Crippen LogP contribution in [0.25, 0.3) is 10.9 Å². The van der Waals surface area contributed by atoms with Gasteiger partial charge in [0, 0.05) is 62.4 Å². The van der Waals surface area contributed by atoms with Crippen molar-refractivity contribution in [2.45, 2.75) is 13.5 Å². The Morgan fingerprint density at radius 2 is 1.80 bits per heavy atom. The van der Waals surface area contributed by atoms with E-state index in [4.69, 9.17) is 5.73 Å². The summed E-state index contributed by atoms with van der Waals surface area (Å²) in [5.41, 5.74) is 9.63. The van der Waals surface area contributed by atoms with Gasteiger partial charge in [0.2, 0.25) is 0 Å². The van der Waals surface area contributed by atoms with Crippen molar-refractivity contribution >= 4 is 10.9 Å². The highest BCUT2D eigenvalue weighted by Crippen LogP contribution is 2.23. The Morgan fingerprint density at radius 1 is 1.10 bits per heavy atom. The molecule has 2 aromatic rings. The lowest BCUT2D eigenvalue weighted by molar-refractivity contribution is 0.130. The Bertz CT molecular complexity index is 567. The van der Waals surface area contributed by atoms with Gasteiger partial charge in [-0.15, -0.1) is 0 Å². The van der Waals surface area contributed by atoms with E-state index in [-0.39, 0.29) is 0 Å². The molecular formula is C16H24N4. The number of nitrogens with zero attached hydrogens (tertiary/aromatic N) is 2. The van der Waals surface area contributed by atoms with Gasteiger partial charge in [-0.2, -0.15) is 0 Å². The van der Waals surface area contributed by atoms with E-state index in [2.05, 4.69) is 46.0 Å². The molecular weight excluding hydrogens is 248 g/mol. The fourth-order valence-corrected chi connectivity index (χ4v) is 3.12. The number of aryl methyl sites for hydroxylation is 1. The maximum absolute atomic E-state index is 5.63. The summed E-state index contributed by atoms with van der Waals surface area (Å²) in [6.07, 6.45) is 0. The highest BCUT2D eigenvalue weighted by atomic mass is 15.3. The van der Waals surface area contributed by atoms with E-state index in [1.54, 1.807) is 0 Å². The van der Waals surface area contributed by atoms with Crippen molar-refractivity contribution in [1.82, 2.24) is 14.8 Å². The second-order valence-corrected chi connectivity index (χ2v) is 5.68. The topological polar surface area (TPSA) is 48.3 Å². The minimum atomic E-state index is 0.765. The molecule has 1 aromatic carbocycles. The molecule has 1 fully saturated rings. The van der Waals surface area contributed by atoms with Gasteiger partial charge >= 0.3 is 0 Å². The summed E-state index contributed by atoms with van der Waals surface area (Å²) in [6, 6.07) is 8.59. The van der Waals surface area contributed by atoms with Crippen molar-refractivity contribution in [1.29, 1.82) is 0 Å². The van der Waals surface area contributed by atoms with E-state index in [0.717, 1.165) is 45.8 Å². The minimum absolute atomic E-state index is 0.765. The zero-order valence-corrected chi connectivity index (χ0v) is 12.2. The van der Waals surface area contributed by atoms with Gasteiger partial charge in [0.15, 0.2) is 0 Å². The number of hydrogen-bond donors (Lipinski definition) is 2. The highest BCUT2D eigenvalue weighted by molar-refractivity contribution is 5.84. The molecule has 0 bridgehead atoms. The molecule has 4 heteroatoms. The van der Waals surface area contributed by atoms with Crippen LogP contribution in [0.15, 0.2) is 24.3 Å². The van der Waals surface area contributed by atoms with E-state index in [0.29, 0.717) is 0 Å². The number of piperazine rings is 1. The molecule has 0 radical (unpaired) electrons. The molecule has 1 aliphatic heterocycles. The molecule has 1 saturated heterocycles. The number of para-hydroxylation sites is 1. The summed E-state index contributed by atoms with van der Waals surface area (Å²) in [5, 5.41) is 1.37. The first kappa shape index (κ1) is 13.6. The Balaban J connectivity index is 1.70. The zero-order valence-electron chi connectivity index (χ0n) is 12.2. The fourth-order valence-electron chi connectivity index (χ4n) is 3.12. The second kappa shape index (κ2) is 5.95. The SMILES string of the molecule is Cc1[nH]c2ccccc2c1CN1CCN(CCN)CC1. The molecule has 3 N–H and O–H groups in total. The maximum atomic E-state index is 5.63. The van der Waals surface area contributed by atoms with Crippen LogP contribution in [0.1, 0.15) is 11.3 Å². The van der Waals surface area contributed by atoms with Crippen molar-refractivity contribution in [3.05, 3.63) is 35.5 Å². The van der Waals surface area contributed by atoms with Crippen molar-refractivity contribution in [2.24, 2.45) is 5.73 Å². The highest BCUT2D eigenvalue weighted by Gasteiger charge is 2.18. The van der Waals surface area contributed by atoms with Gasteiger partial charge in [-0.05, 0) is 18.6 Å². The lowest BCUT2D eigenvalue weighted by Crippen LogP contribution is -2.47. The first-order chi connectivity index (χ1) is 9.78. The zero-order chi connectivity index (χ0) is 13.9. The Morgan fingerprint density at radius 3 is 2.55 bits per heavy atom. The molecule has 108 valence electrons. The standard InChI is InChI=1S/C16H24N4/c1-13-15(14-4-2-3-5-16(14)18-13)12-20-10-8-19(7-6-17)9-11-20/h2-5,18H,6-12,17H2,1H3. The third kappa shape index (κ3) is 2.73. The summed E-state index contributed by atoms with van der Waals surface area (Å²) in [6.45, 7) is 9.57. The van der Waals surface area contributed by atoms with Gasteiger partial charge in [0.05, 0.1) is 0 Å². The molecule has 0 saturated carbocycles. The predicted molar refractivity (Wildman–Crippen MR) is 83.8 cm³/mol. The molecule has 0 amide bonds. The maximum Gasteiger partial charge on any atom is 0.0459 e. The Hall–Kier alpha value is -1.36. The number of aromatic nitrogens is 1. The van der Waals surface area contributed by atoms with Crippen LogP contribution in [0.5, 0.6) is 0 Å². The van der Waals surface area contributed by atoms with E-state index >= 15 is 0 Å². The van der Waals surface area contributed by atoms with Crippen LogP contribution in [0, 0.1) is 6.92 Å². The number of hydrogen-bond acceptors (Lipinski definition) is 3. The number of nitrogens with two attached hydrogens (primary N) is 1. The summed E-state index contributed by atoms with van der Waals surface area (Å²) in [5.74, 6) is 0. The average Bonchev–Trinajstić information content (AvgIpc) is 2.78. The first-order valence-electron chi connectivity index (χ1n) is 7.49. The van der Waals surface area contributed by atoms with E-state index in [1.165, 1.54) is 22.2 Å². The minimum Gasteiger partial charge on any atom is -0.358 e. The summed E-state index contributed by atoms with van der Waals surface area (Å²) >= 11 is 0. The summed E-state index contributed by atoms with van der Waals surface area (Å²) < 4.78 is 0. The van der Waals surface area contributed by atoms with Crippen molar-refractivity contribution in [3.63, 3.8) is 0 Å². The number of nitrogens with one attached hydrogen (secondary N) is 1. The third-order valence-electron chi connectivity index (χ3n) is 4.32. The lowest BCUT2D eigenvalue weighted by Gasteiger charge is -2.34. The van der Waals surface area contributed by atoms with Gasteiger partial charge in [-0.25, -0.2) is 0 Å². The quantitative estimate of drug-likeness (QED) is 0.888. The molecule has 0 aliphatic carbocycles. The molecule has 1 aliphatic rings. The van der Waals surface area contributed by atoms with Crippen LogP contribution >= 0.6 is 0 Å². The van der Waals surface area contributed by atoms with Crippen LogP contribution in [-0.4, -0.2) is 54.1 Å². The summed E-state index contributed by atoms with van der Waals surface area (Å²) in [7, 11) is 0. The fraction of sp³-hybridized carbons (Fsp3) is 0.500. The Labute approximate surface area is 120 Å². The van der Waals surface area contributed by atoms with Gasteiger partial charge in [0.1, 0.15) is 0 Å². The number of H-pyrrole nitrogens is 1. The largest absolute Gasteiger partial charge is 0.358 e.